The van der Waals surface area contributed by atoms with Gasteiger partial charge in [0.15, 0.2) is 0 Å². The second kappa shape index (κ2) is 6.67. The summed E-state index contributed by atoms with van der Waals surface area (Å²) in [6, 6.07) is 0. The van der Waals surface area contributed by atoms with E-state index in [2.05, 4.69) is 61.5 Å². The van der Waals surface area contributed by atoms with Gasteiger partial charge < -0.3 is 0 Å². The highest BCUT2D eigenvalue weighted by Crippen LogP contribution is 2.48. The molecular formula is C20H38. The van der Waals surface area contributed by atoms with Crippen LogP contribution in [0.3, 0.4) is 0 Å². The van der Waals surface area contributed by atoms with Crippen molar-refractivity contribution in [2.45, 2.75) is 87.5 Å². The fourth-order valence-electron chi connectivity index (χ4n) is 4.03. The van der Waals surface area contributed by atoms with Crippen LogP contribution in [0.2, 0.25) is 0 Å². The Morgan fingerprint density at radius 2 is 1.75 bits per heavy atom. The zero-order valence-electron chi connectivity index (χ0n) is 15.3. The molecule has 0 amide bonds. The van der Waals surface area contributed by atoms with Gasteiger partial charge in [0.1, 0.15) is 0 Å². The molecule has 0 N–H and O–H groups in total. The summed E-state index contributed by atoms with van der Waals surface area (Å²) in [5.74, 6) is 2.37. The lowest BCUT2D eigenvalue weighted by Crippen LogP contribution is -2.32. The maximum atomic E-state index is 2.63. The molecule has 0 aliphatic heterocycles. The van der Waals surface area contributed by atoms with Gasteiger partial charge in [0, 0.05) is 0 Å². The molecule has 0 heterocycles. The minimum Gasteiger partial charge on any atom is -0.0845 e. The molecule has 0 saturated heterocycles. The third-order valence-electron chi connectivity index (χ3n) is 5.81. The fourth-order valence-corrected chi connectivity index (χ4v) is 4.03. The number of rotatable bonds is 5. The van der Waals surface area contributed by atoms with Crippen LogP contribution in [0.5, 0.6) is 0 Å². The summed E-state index contributed by atoms with van der Waals surface area (Å²) in [6.45, 7) is 19.2. The Hall–Kier alpha value is -0.260. The van der Waals surface area contributed by atoms with Crippen molar-refractivity contribution in [3.05, 3.63) is 11.6 Å². The first kappa shape index (κ1) is 17.8. The van der Waals surface area contributed by atoms with Crippen LogP contribution in [0.1, 0.15) is 87.5 Å². The van der Waals surface area contributed by atoms with E-state index >= 15 is 0 Å². The molecular weight excluding hydrogens is 240 g/mol. The normalized spacial score (nSPS) is 26.0. The second-order valence-electron chi connectivity index (χ2n) is 8.90. The summed E-state index contributed by atoms with van der Waals surface area (Å²) in [6.07, 6.45) is 9.35. The standard InChI is InChI=1S/C20H38/c1-9-20(16(4)5)12-10-17(11-13-20)18(14-15(2)3)19(6,7)8/h10,15-16,18H,9,11-14H2,1-8H3. The Morgan fingerprint density at radius 1 is 1.15 bits per heavy atom. The maximum Gasteiger partial charge on any atom is -0.0152 e. The average Bonchev–Trinajstić information content (AvgIpc) is 2.34. The quantitative estimate of drug-likeness (QED) is 0.482. The molecule has 0 bridgehead atoms. The van der Waals surface area contributed by atoms with E-state index in [1.54, 1.807) is 5.57 Å². The van der Waals surface area contributed by atoms with E-state index < -0.39 is 0 Å². The predicted octanol–water partition coefficient (Wildman–Crippen LogP) is 6.86. The van der Waals surface area contributed by atoms with Crippen molar-refractivity contribution in [3.63, 3.8) is 0 Å². The summed E-state index contributed by atoms with van der Waals surface area (Å²) in [4.78, 5) is 0. The molecule has 2 atom stereocenters. The van der Waals surface area contributed by atoms with Crippen LogP contribution in [0.15, 0.2) is 11.6 Å². The van der Waals surface area contributed by atoms with Crippen molar-refractivity contribution < 1.29 is 0 Å². The molecule has 118 valence electrons. The van der Waals surface area contributed by atoms with Gasteiger partial charge in [-0.15, -0.1) is 0 Å². The van der Waals surface area contributed by atoms with Gasteiger partial charge in [0.25, 0.3) is 0 Å². The molecule has 0 radical (unpaired) electrons. The van der Waals surface area contributed by atoms with Crippen LogP contribution < -0.4 is 0 Å². The lowest BCUT2D eigenvalue weighted by Gasteiger charge is -2.43. The van der Waals surface area contributed by atoms with Crippen molar-refractivity contribution in [1.82, 2.24) is 0 Å². The molecule has 2 unspecified atom stereocenters. The van der Waals surface area contributed by atoms with E-state index in [0.717, 1.165) is 17.8 Å². The second-order valence-corrected chi connectivity index (χ2v) is 8.90. The van der Waals surface area contributed by atoms with Crippen LogP contribution in [0.25, 0.3) is 0 Å². The molecule has 0 spiro atoms. The molecule has 1 rings (SSSR count). The largest absolute Gasteiger partial charge is 0.0845 e. The first-order valence-electron chi connectivity index (χ1n) is 8.81. The Morgan fingerprint density at radius 3 is 2.05 bits per heavy atom. The highest BCUT2D eigenvalue weighted by Gasteiger charge is 2.36. The van der Waals surface area contributed by atoms with E-state index in [1.165, 1.54) is 32.1 Å². The number of hydrogen-bond donors (Lipinski definition) is 0. The Bertz CT molecular complexity index is 326. The van der Waals surface area contributed by atoms with Crippen molar-refractivity contribution in [2.24, 2.45) is 28.6 Å². The Kier molecular flexibility index (Phi) is 5.93. The van der Waals surface area contributed by atoms with E-state index in [9.17, 15) is 0 Å². The Labute approximate surface area is 128 Å². The van der Waals surface area contributed by atoms with Crippen molar-refractivity contribution in [2.75, 3.05) is 0 Å². The summed E-state index contributed by atoms with van der Waals surface area (Å²) in [5, 5.41) is 0. The Balaban J connectivity index is 2.91. The topological polar surface area (TPSA) is 0 Å². The van der Waals surface area contributed by atoms with Gasteiger partial charge in [-0.1, -0.05) is 67.0 Å². The summed E-state index contributed by atoms with van der Waals surface area (Å²) < 4.78 is 0. The van der Waals surface area contributed by atoms with E-state index in [-0.39, 0.29) is 0 Å². The SMILES string of the molecule is CCC1(C(C)C)CC=C(C(CC(C)C)C(C)(C)C)CC1. The monoisotopic (exact) mass is 278 g/mol. The third kappa shape index (κ3) is 4.12. The zero-order valence-corrected chi connectivity index (χ0v) is 15.3. The molecule has 20 heavy (non-hydrogen) atoms. The van der Waals surface area contributed by atoms with Gasteiger partial charge in [-0.3, -0.25) is 0 Å². The molecule has 1 aliphatic rings. The third-order valence-corrected chi connectivity index (χ3v) is 5.81. The highest BCUT2D eigenvalue weighted by atomic mass is 14.4. The molecule has 1 aliphatic carbocycles. The zero-order chi connectivity index (χ0) is 15.6. The minimum atomic E-state index is 0.403. The molecule has 0 fully saturated rings. The summed E-state index contributed by atoms with van der Waals surface area (Å²) >= 11 is 0. The molecule has 0 aromatic rings. The summed E-state index contributed by atoms with van der Waals surface area (Å²) in [7, 11) is 0. The van der Waals surface area contributed by atoms with E-state index in [4.69, 9.17) is 0 Å². The molecule has 0 heteroatoms. The van der Waals surface area contributed by atoms with Crippen LogP contribution >= 0.6 is 0 Å². The lowest BCUT2D eigenvalue weighted by atomic mass is 9.62. The summed E-state index contributed by atoms with van der Waals surface area (Å²) in [5.41, 5.74) is 2.74. The fraction of sp³-hybridized carbons (Fsp3) is 0.900. The van der Waals surface area contributed by atoms with Crippen LogP contribution in [-0.4, -0.2) is 0 Å². The number of hydrogen-bond acceptors (Lipinski definition) is 0. The van der Waals surface area contributed by atoms with Gasteiger partial charge in [-0.05, 0) is 60.7 Å². The van der Waals surface area contributed by atoms with Gasteiger partial charge in [0.05, 0.1) is 0 Å². The van der Waals surface area contributed by atoms with Crippen molar-refractivity contribution in [1.29, 1.82) is 0 Å². The van der Waals surface area contributed by atoms with Gasteiger partial charge in [0.2, 0.25) is 0 Å². The van der Waals surface area contributed by atoms with E-state index in [1.807, 2.05) is 0 Å². The maximum absolute atomic E-state index is 2.63. The van der Waals surface area contributed by atoms with Gasteiger partial charge in [-0.25, -0.2) is 0 Å². The van der Waals surface area contributed by atoms with Crippen LogP contribution in [0, 0.1) is 28.6 Å². The van der Waals surface area contributed by atoms with E-state index in [0.29, 0.717) is 10.8 Å². The lowest BCUT2D eigenvalue weighted by molar-refractivity contribution is 0.144. The molecule has 0 saturated carbocycles. The molecule has 0 nitrogen and oxygen atoms in total. The predicted molar refractivity (Wildman–Crippen MR) is 91.9 cm³/mol. The first-order valence-corrected chi connectivity index (χ1v) is 8.81. The molecule has 0 aromatic heterocycles. The van der Waals surface area contributed by atoms with Gasteiger partial charge >= 0.3 is 0 Å². The van der Waals surface area contributed by atoms with Gasteiger partial charge in [-0.2, -0.15) is 0 Å². The first-order chi connectivity index (χ1) is 9.12. The van der Waals surface area contributed by atoms with Crippen molar-refractivity contribution in [3.8, 4) is 0 Å². The number of allylic oxidation sites excluding steroid dienone is 2. The van der Waals surface area contributed by atoms with Crippen LogP contribution in [-0.2, 0) is 0 Å². The minimum absolute atomic E-state index is 0.403. The molecule has 0 aromatic carbocycles. The van der Waals surface area contributed by atoms with Crippen molar-refractivity contribution >= 4 is 0 Å². The smallest absolute Gasteiger partial charge is 0.0152 e. The highest BCUT2D eigenvalue weighted by molar-refractivity contribution is 5.16. The average molecular weight is 279 g/mol. The van der Waals surface area contributed by atoms with Crippen LogP contribution in [0.4, 0.5) is 0 Å².